The van der Waals surface area contributed by atoms with Crippen molar-refractivity contribution in [2.45, 2.75) is 64.3 Å². The molecular weight excluding hydrogens is 220 g/mol. The van der Waals surface area contributed by atoms with Crippen LogP contribution in [-0.2, 0) is 14.3 Å². The summed E-state index contributed by atoms with van der Waals surface area (Å²) in [5.41, 5.74) is 0. The second kappa shape index (κ2) is 6.97. The van der Waals surface area contributed by atoms with Gasteiger partial charge in [-0.2, -0.15) is 0 Å². The molecule has 0 aromatic carbocycles. The molecule has 0 spiro atoms. The molecule has 100 valence electrons. The van der Waals surface area contributed by atoms with Crippen LogP contribution in [0.3, 0.4) is 0 Å². The Morgan fingerprint density at radius 3 is 2.71 bits per heavy atom. The lowest BCUT2D eigenvalue weighted by Gasteiger charge is -2.25. The third-order valence-corrected chi connectivity index (χ3v) is 3.43. The molecule has 1 fully saturated rings. The number of carbonyl (C=O) groups is 1. The highest BCUT2D eigenvalue weighted by molar-refractivity contribution is 5.73. The Morgan fingerprint density at radius 2 is 2.24 bits per heavy atom. The van der Waals surface area contributed by atoms with Crippen molar-refractivity contribution < 1.29 is 19.4 Å². The van der Waals surface area contributed by atoms with E-state index in [1.165, 1.54) is 7.11 Å². The number of hydrogen-bond donors (Lipinski definition) is 1. The molecule has 4 atom stereocenters. The van der Waals surface area contributed by atoms with Crippen LogP contribution in [0.2, 0.25) is 0 Å². The molecule has 4 nitrogen and oxygen atoms in total. The van der Waals surface area contributed by atoms with Crippen molar-refractivity contribution >= 4 is 5.97 Å². The number of esters is 1. The molecule has 1 rings (SSSR count). The number of aliphatic hydroxyl groups is 1. The maximum absolute atomic E-state index is 11.7. The summed E-state index contributed by atoms with van der Waals surface area (Å²) < 4.78 is 10.4. The molecule has 1 aliphatic heterocycles. The van der Waals surface area contributed by atoms with Crippen LogP contribution >= 0.6 is 0 Å². The van der Waals surface area contributed by atoms with Crippen molar-refractivity contribution in [1.29, 1.82) is 0 Å². The van der Waals surface area contributed by atoms with Gasteiger partial charge in [-0.3, -0.25) is 4.79 Å². The van der Waals surface area contributed by atoms with E-state index < -0.39 is 12.0 Å². The smallest absolute Gasteiger partial charge is 0.311 e. The standard InChI is InChI=1S/C13H24O4/c1-4-5-6-10(13(15)16-3)12(14)11-8-7-9(2)17-11/h9-12,14H,4-8H2,1-3H3. The van der Waals surface area contributed by atoms with Crippen molar-refractivity contribution in [3.05, 3.63) is 0 Å². The second-order valence-electron chi connectivity index (χ2n) is 4.82. The number of rotatable bonds is 6. The number of aliphatic hydroxyl groups excluding tert-OH is 1. The first kappa shape index (κ1) is 14.5. The van der Waals surface area contributed by atoms with Crippen LogP contribution in [0.25, 0.3) is 0 Å². The third kappa shape index (κ3) is 3.96. The Labute approximate surface area is 103 Å². The zero-order valence-electron chi connectivity index (χ0n) is 11.0. The molecule has 0 aromatic rings. The molecule has 17 heavy (non-hydrogen) atoms. The lowest BCUT2D eigenvalue weighted by atomic mass is 9.91. The molecule has 0 radical (unpaired) electrons. The van der Waals surface area contributed by atoms with E-state index in [9.17, 15) is 9.90 Å². The van der Waals surface area contributed by atoms with Gasteiger partial charge in [0.25, 0.3) is 0 Å². The molecule has 0 saturated carbocycles. The topological polar surface area (TPSA) is 55.8 Å². The number of unbranched alkanes of at least 4 members (excludes halogenated alkanes) is 1. The first-order valence-corrected chi connectivity index (χ1v) is 6.51. The second-order valence-corrected chi connectivity index (χ2v) is 4.82. The quantitative estimate of drug-likeness (QED) is 0.725. The van der Waals surface area contributed by atoms with Crippen molar-refractivity contribution in [2.24, 2.45) is 5.92 Å². The Kier molecular flexibility index (Phi) is 5.92. The summed E-state index contributed by atoms with van der Waals surface area (Å²) >= 11 is 0. The van der Waals surface area contributed by atoms with Gasteiger partial charge in [-0.25, -0.2) is 0 Å². The lowest BCUT2D eigenvalue weighted by Crippen LogP contribution is -2.38. The summed E-state index contributed by atoms with van der Waals surface area (Å²) in [4.78, 5) is 11.7. The Hall–Kier alpha value is -0.610. The molecule has 0 aliphatic carbocycles. The van der Waals surface area contributed by atoms with Crippen LogP contribution in [0.4, 0.5) is 0 Å². The molecule has 0 amide bonds. The van der Waals surface area contributed by atoms with E-state index in [0.717, 1.165) is 25.7 Å². The SMILES string of the molecule is CCCCC(C(=O)OC)C(O)C1CCC(C)O1. The fourth-order valence-electron chi connectivity index (χ4n) is 2.35. The lowest BCUT2D eigenvalue weighted by molar-refractivity contribution is -0.154. The Balaban J connectivity index is 2.58. The molecule has 0 bridgehead atoms. The van der Waals surface area contributed by atoms with Crippen molar-refractivity contribution in [3.63, 3.8) is 0 Å². The molecule has 4 unspecified atom stereocenters. The van der Waals surface area contributed by atoms with E-state index in [4.69, 9.17) is 9.47 Å². The van der Waals surface area contributed by atoms with E-state index in [0.29, 0.717) is 6.42 Å². The predicted octanol–water partition coefficient (Wildman–Crippen LogP) is 1.89. The highest BCUT2D eigenvalue weighted by Gasteiger charge is 2.37. The monoisotopic (exact) mass is 244 g/mol. The Morgan fingerprint density at radius 1 is 1.53 bits per heavy atom. The fourth-order valence-corrected chi connectivity index (χ4v) is 2.35. The zero-order chi connectivity index (χ0) is 12.8. The van der Waals surface area contributed by atoms with E-state index in [2.05, 4.69) is 6.92 Å². The number of ether oxygens (including phenoxy) is 2. The summed E-state index contributed by atoms with van der Waals surface area (Å²) in [6, 6.07) is 0. The summed E-state index contributed by atoms with van der Waals surface area (Å²) in [5.74, 6) is -0.774. The summed E-state index contributed by atoms with van der Waals surface area (Å²) in [7, 11) is 1.37. The minimum Gasteiger partial charge on any atom is -0.469 e. The minimum atomic E-state index is -0.737. The minimum absolute atomic E-state index is 0.180. The van der Waals surface area contributed by atoms with Gasteiger partial charge in [0, 0.05) is 0 Å². The molecule has 1 saturated heterocycles. The largest absolute Gasteiger partial charge is 0.469 e. The fraction of sp³-hybridized carbons (Fsp3) is 0.923. The van der Waals surface area contributed by atoms with Crippen molar-refractivity contribution in [3.8, 4) is 0 Å². The maximum Gasteiger partial charge on any atom is 0.311 e. The van der Waals surface area contributed by atoms with Gasteiger partial charge in [0.15, 0.2) is 0 Å². The zero-order valence-corrected chi connectivity index (χ0v) is 11.0. The normalized spacial score (nSPS) is 27.8. The average molecular weight is 244 g/mol. The predicted molar refractivity (Wildman–Crippen MR) is 64.6 cm³/mol. The molecule has 1 heterocycles. The molecule has 0 aromatic heterocycles. The van der Waals surface area contributed by atoms with Crippen LogP contribution in [0, 0.1) is 5.92 Å². The van der Waals surface area contributed by atoms with Gasteiger partial charge >= 0.3 is 5.97 Å². The van der Waals surface area contributed by atoms with Gasteiger partial charge in [0.1, 0.15) is 0 Å². The highest BCUT2D eigenvalue weighted by atomic mass is 16.5. The van der Waals surface area contributed by atoms with Gasteiger partial charge in [0.2, 0.25) is 0 Å². The molecule has 1 N–H and O–H groups in total. The van der Waals surface area contributed by atoms with E-state index >= 15 is 0 Å². The van der Waals surface area contributed by atoms with Crippen molar-refractivity contribution in [1.82, 2.24) is 0 Å². The third-order valence-electron chi connectivity index (χ3n) is 3.43. The summed E-state index contributed by atoms with van der Waals surface area (Å²) in [6.07, 6.45) is 3.58. The van der Waals surface area contributed by atoms with Gasteiger partial charge in [-0.05, 0) is 26.2 Å². The molecule has 4 heteroatoms. The van der Waals surface area contributed by atoms with Crippen molar-refractivity contribution in [2.75, 3.05) is 7.11 Å². The van der Waals surface area contributed by atoms with Crippen LogP contribution < -0.4 is 0 Å². The van der Waals surface area contributed by atoms with E-state index in [-0.39, 0.29) is 18.2 Å². The molecule has 1 aliphatic rings. The van der Waals surface area contributed by atoms with Crippen LogP contribution in [0.5, 0.6) is 0 Å². The van der Waals surface area contributed by atoms with Crippen LogP contribution in [-0.4, -0.2) is 36.5 Å². The number of hydrogen-bond acceptors (Lipinski definition) is 4. The highest BCUT2D eigenvalue weighted by Crippen LogP contribution is 2.27. The van der Waals surface area contributed by atoms with Gasteiger partial charge < -0.3 is 14.6 Å². The number of carbonyl (C=O) groups excluding carboxylic acids is 1. The van der Waals surface area contributed by atoms with Gasteiger partial charge in [-0.15, -0.1) is 0 Å². The van der Waals surface area contributed by atoms with Gasteiger partial charge in [0.05, 0.1) is 31.3 Å². The first-order chi connectivity index (χ1) is 8.10. The van der Waals surface area contributed by atoms with E-state index in [1.807, 2.05) is 6.92 Å². The summed E-state index contributed by atoms with van der Waals surface area (Å²) in [6.45, 7) is 4.06. The average Bonchev–Trinajstić information content (AvgIpc) is 2.75. The molecular formula is C13H24O4. The first-order valence-electron chi connectivity index (χ1n) is 6.51. The van der Waals surface area contributed by atoms with Crippen LogP contribution in [0.15, 0.2) is 0 Å². The van der Waals surface area contributed by atoms with E-state index in [1.54, 1.807) is 0 Å². The number of methoxy groups -OCH3 is 1. The maximum atomic E-state index is 11.7. The van der Waals surface area contributed by atoms with Gasteiger partial charge in [-0.1, -0.05) is 19.8 Å². The summed E-state index contributed by atoms with van der Waals surface area (Å²) in [5, 5.41) is 10.2. The Bertz CT molecular complexity index is 242. The van der Waals surface area contributed by atoms with Crippen LogP contribution in [0.1, 0.15) is 46.0 Å².